The third kappa shape index (κ3) is 1.88. The van der Waals surface area contributed by atoms with Crippen molar-refractivity contribution in [3.63, 3.8) is 0 Å². The fourth-order valence-corrected chi connectivity index (χ4v) is 3.06. The highest BCUT2D eigenvalue weighted by atomic mass is 16.4. The van der Waals surface area contributed by atoms with Gasteiger partial charge in [-0.15, -0.1) is 0 Å². The number of carboxylic acids is 1. The molecule has 2 fully saturated rings. The summed E-state index contributed by atoms with van der Waals surface area (Å²) >= 11 is 0. The van der Waals surface area contributed by atoms with Crippen molar-refractivity contribution in [3.05, 3.63) is 23.9 Å². The number of nitrogens with zero attached hydrogens (tertiary/aromatic N) is 2. The molecule has 0 aromatic carbocycles. The van der Waals surface area contributed by atoms with Gasteiger partial charge in [-0.1, -0.05) is 18.9 Å². The first kappa shape index (κ1) is 12.8. The third-order valence-electron chi connectivity index (χ3n) is 4.02. The summed E-state index contributed by atoms with van der Waals surface area (Å²) in [6, 6.07) is 4.33. The van der Waals surface area contributed by atoms with Crippen LogP contribution in [0.2, 0.25) is 0 Å². The Bertz CT molecular complexity index is 575. The van der Waals surface area contributed by atoms with Gasteiger partial charge in [0.15, 0.2) is 5.69 Å². The van der Waals surface area contributed by atoms with Gasteiger partial charge in [0.1, 0.15) is 5.82 Å². The first-order valence-electron chi connectivity index (χ1n) is 6.68. The van der Waals surface area contributed by atoms with Gasteiger partial charge in [-0.05, 0) is 25.0 Å². The molecule has 0 radical (unpaired) electrons. The number of hydrogen-bond acceptors (Lipinski definition) is 4. The van der Waals surface area contributed by atoms with E-state index in [0.717, 1.165) is 30.6 Å². The van der Waals surface area contributed by atoms with E-state index < -0.39 is 5.97 Å². The van der Waals surface area contributed by atoms with Gasteiger partial charge >= 0.3 is 5.97 Å². The topological polar surface area (TPSA) is 87.6 Å². The zero-order valence-corrected chi connectivity index (χ0v) is 10.8. The summed E-state index contributed by atoms with van der Waals surface area (Å²) in [6.45, 7) is 0. The zero-order chi connectivity index (χ0) is 14.3. The van der Waals surface area contributed by atoms with Gasteiger partial charge in [0.25, 0.3) is 0 Å². The number of amides is 2. The lowest BCUT2D eigenvalue weighted by molar-refractivity contribution is -0.122. The molecule has 1 saturated heterocycles. The van der Waals surface area contributed by atoms with Crippen molar-refractivity contribution < 1.29 is 19.5 Å². The average molecular weight is 274 g/mol. The van der Waals surface area contributed by atoms with Crippen LogP contribution in [-0.2, 0) is 9.59 Å². The Morgan fingerprint density at radius 2 is 1.75 bits per heavy atom. The predicted molar refractivity (Wildman–Crippen MR) is 69.1 cm³/mol. The molecule has 20 heavy (non-hydrogen) atoms. The maximum Gasteiger partial charge on any atom is 0.354 e. The van der Waals surface area contributed by atoms with E-state index in [1.54, 1.807) is 0 Å². The summed E-state index contributed by atoms with van der Waals surface area (Å²) in [5.74, 6) is -2.06. The Morgan fingerprint density at radius 3 is 2.30 bits per heavy atom. The average Bonchev–Trinajstić information content (AvgIpc) is 2.72. The molecular weight excluding hydrogens is 260 g/mol. The van der Waals surface area contributed by atoms with Crippen molar-refractivity contribution in [2.45, 2.75) is 25.7 Å². The van der Waals surface area contributed by atoms with Gasteiger partial charge in [-0.25, -0.2) is 14.7 Å². The Kier molecular flexibility index (Phi) is 3.00. The van der Waals surface area contributed by atoms with Crippen LogP contribution < -0.4 is 4.90 Å². The molecule has 2 heterocycles. The van der Waals surface area contributed by atoms with Gasteiger partial charge in [0.2, 0.25) is 11.8 Å². The molecule has 1 N–H and O–H groups in total. The molecule has 6 nitrogen and oxygen atoms in total. The molecule has 1 aromatic heterocycles. The van der Waals surface area contributed by atoms with E-state index >= 15 is 0 Å². The van der Waals surface area contributed by atoms with Crippen LogP contribution in [0.5, 0.6) is 0 Å². The highest BCUT2D eigenvalue weighted by molar-refractivity contribution is 6.21. The van der Waals surface area contributed by atoms with Crippen LogP contribution in [0.25, 0.3) is 0 Å². The number of carbonyl (C=O) groups is 3. The molecule has 104 valence electrons. The van der Waals surface area contributed by atoms with Crippen LogP contribution in [0.3, 0.4) is 0 Å². The summed E-state index contributed by atoms with van der Waals surface area (Å²) in [5, 5.41) is 8.94. The van der Waals surface area contributed by atoms with E-state index in [-0.39, 0.29) is 35.2 Å². The maximum absolute atomic E-state index is 12.3. The second-order valence-electron chi connectivity index (χ2n) is 5.20. The fourth-order valence-electron chi connectivity index (χ4n) is 3.06. The van der Waals surface area contributed by atoms with Crippen molar-refractivity contribution in [3.8, 4) is 0 Å². The highest BCUT2D eigenvalue weighted by Crippen LogP contribution is 2.39. The largest absolute Gasteiger partial charge is 0.477 e. The molecule has 3 rings (SSSR count). The number of aromatic nitrogens is 1. The Morgan fingerprint density at radius 1 is 1.15 bits per heavy atom. The molecule has 2 unspecified atom stereocenters. The smallest absolute Gasteiger partial charge is 0.354 e. The second-order valence-corrected chi connectivity index (χ2v) is 5.20. The Balaban J connectivity index is 1.97. The minimum absolute atomic E-state index is 0.120. The quantitative estimate of drug-likeness (QED) is 0.825. The van der Waals surface area contributed by atoms with Gasteiger partial charge in [0, 0.05) is 0 Å². The van der Waals surface area contributed by atoms with Crippen LogP contribution in [0.4, 0.5) is 5.82 Å². The number of carbonyl (C=O) groups excluding carboxylic acids is 2. The van der Waals surface area contributed by atoms with E-state index in [4.69, 9.17) is 5.11 Å². The minimum atomic E-state index is -1.18. The minimum Gasteiger partial charge on any atom is -0.477 e. The molecule has 1 aromatic rings. The van der Waals surface area contributed by atoms with Crippen molar-refractivity contribution >= 4 is 23.6 Å². The lowest BCUT2D eigenvalue weighted by Crippen LogP contribution is -2.32. The molecule has 0 spiro atoms. The number of aromatic carboxylic acids is 1. The van der Waals surface area contributed by atoms with Crippen LogP contribution >= 0.6 is 0 Å². The summed E-state index contributed by atoms with van der Waals surface area (Å²) in [4.78, 5) is 40.6. The van der Waals surface area contributed by atoms with Crippen LogP contribution in [0.1, 0.15) is 36.2 Å². The molecule has 1 aliphatic carbocycles. The van der Waals surface area contributed by atoms with Gasteiger partial charge in [0.05, 0.1) is 11.8 Å². The highest BCUT2D eigenvalue weighted by Gasteiger charge is 2.49. The second kappa shape index (κ2) is 4.70. The molecule has 2 aliphatic rings. The standard InChI is InChI=1S/C14H14N2O4/c17-12-8-4-1-2-5-9(8)13(18)16(12)11-7-3-6-10(15-11)14(19)20/h3,6-9H,1-2,4-5H2,(H,19,20). The van der Waals surface area contributed by atoms with E-state index in [1.165, 1.54) is 18.2 Å². The van der Waals surface area contributed by atoms with Crippen molar-refractivity contribution in [1.82, 2.24) is 4.98 Å². The van der Waals surface area contributed by atoms with Crippen molar-refractivity contribution in [2.24, 2.45) is 11.8 Å². The number of fused-ring (bicyclic) bond motifs is 1. The van der Waals surface area contributed by atoms with Crippen molar-refractivity contribution in [1.29, 1.82) is 0 Å². The van der Waals surface area contributed by atoms with E-state index in [1.807, 2.05) is 0 Å². The van der Waals surface area contributed by atoms with Crippen LogP contribution in [-0.4, -0.2) is 27.9 Å². The number of imide groups is 1. The molecule has 1 aliphatic heterocycles. The third-order valence-corrected chi connectivity index (χ3v) is 4.02. The van der Waals surface area contributed by atoms with Gasteiger partial charge < -0.3 is 5.11 Å². The maximum atomic E-state index is 12.3. The summed E-state index contributed by atoms with van der Waals surface area (Å²) in [7, 11) is 0. The fraction of sp³-hybridized carbons (Fsp3) is 0.429. The lowest BCUT2D eigenvalue weighted by atomic mass is 9.81. The molecule has 2 amide bonds. The monoisotopic (exact) mass is 274 g/mol. The molecule has 1 saturated carbocycles. The zero-order valence-electron chi connectivity index (χ0n) is 10.8. The first-order chi connectivity index (χ1) is 9.59. The molecule has 2 atom stereocenters. The number of pyridine rings is 1. The van der Waals surface area contributed by atoms with E-state index in [2.05, 4.69) is 4.98 Å². The molecule has 0 bridgehead atoms. The summed E-state index contributed by atoms with van der Waals surface area (Å²) < 4.78 is 0. The van der Waals surface area contributed by atoms with Crippen molar-refractivity contribution in [2.75, 3.05) is 4.90 Å². The summed E-state index contributed by atoms with van der Waals surface area (Å²) in [6.07, 6.45) is 3.36. The van der Waals surface area contributed by atoms with Crippen LogP contribution in [0, 0.1) is 11.8 Å². The SMILES string of the molecule is O=C(O)c1cccc(N2C(=O)C3CCCCC3C2=O)n1. The number of anilines is 1. The predicted octanol–water partition coefficient (Wildman–Crippen LogP) is 1.46. The number of carboxylic acid groups (broad SMARTS) is 1. The molecular formula is C14H14N2O4. The Labute approximate surface area is 115 Å². The van der Waals surface area contributed by atoms with Gasteiger partial charge in [-0.2, -0.15) is 0 Å². The Hall–Kier alpha value is -2.24. The van der Waals surface area contributed by atoms with E-state index in [0.29, 0.717) is 0 Å². The summed E-state index contributed by atoms with van der Waals surface area (Å²) in [5.41, 5.74) is -0.169. The number of hydrogen-bond donors (Lipinski definition) is 1. The normalized spacial score (nSPS) is 25.7. The molecule has 6 heteroatoms. The van der Waals surface area contributed by atoms with E-state index in [9.17, 15) is 14.4 Å². The van der Waals surface area contributed by atoms with Gasteiger partial charge in [-0.3, -0.25) is 9.59 Å². The van der Waals surface area contributed by atoms with Crippen LogP contribution in [0.15, 0.2) is 18.2 Å². The number of rotatable bonds is 2. The lowest BCUT2D eigenvalue weighted by Gasteiger charge is -2.19. The first-order valence-corrected chi connectivity index (χ1v) is 6.68.